The first-order valence-corrected chi connectivity index (χ1v) is 11.7. The zero-order valence-corrected chi connectivity index (χ0v) is 21.7. The van der Waals surface area contributed by atoms with Crippen LogP contribution >= 0.6 is 0 Å². The third-order valence-electron chi connectivity index (χ3n) is 5.07. The van der Waals surface area contributed by atoms with Gasteiger partial charge in [0.25, 0.3) is 0 Å². The van der Waals surface area contributed by atoms with Gasteiger partial charge in [-0.1, -0.05) is 0 Å². The lowest BCUT2D eigenvalue weighted by Gasteiger charge is -2.27. The van der Waals surface area contributed by atoms with Crippen molar-refractivity contribution in [3.63, 3.8) is 0 Å². The maximum absolute atomic E-state index is 12.3. The SMILES string of the molecule is O=C(O)CC(O)C(=O)OC(=O)CN(CCN(CC(=O)O)CC(=O)O)CC(=O)OC(=O)[C@H](O)[C@H](O)[C@H](O)[C@@H](O)[C@H](O)CO. The molecule has 0 heterocycles. The van der Waals surface area contributed by atoms with E-state index in [-0.39, 0.29) is 0 Å². The van der Waals surface area contributed by atoms with Crippen LogP contribution in [0, 0.1) is 0 Å². The predicted octanol–water partition coefficient (Wildman–Crippen LogP) is -7.47. The number of esters is 4. The molecule has 0 rings (SSSR count). The molecule has 21 heteroatoms. The Bertz CT molecular complexity index is 957. The smallest absolute Gasteiger partial charge is 0.345 e. The summed E-state index contributed by atoms with van der Waals surface area (Å²) in [4.78, 5) is 82.3. The second-order valence-electron chi connectivity index (χ2n) is 8.58. The molecule has 42 heavy (non-hydrogen) atoms. The maximum Gasteiger partial charge on any atom is 0.345 e. The highest BCUT2D eigenvalue weighted by atomic mass is 16.6. The van der Waals surface area contributed by atoms with Gasteiger partial charge < -0.3 is 60.5 Å². The van der Waals surface area contributed by atoms with Gasteiger partial charge in [-0.2, -0.15) is 0 Å². The lowest BCUT2D eigenvalue weighted by atomic mass is 9.99. The number of aliphatic carboxylic acids is 3. The zero-order valence-electron chi connectivity index (χ0n) is 21.7. The minimum absolute atomic E-state index is 0.457. The molecule has 0 radical (unpaired) electrons. The number of carbonyl (C=O) groups is 7. The van der Waals surface area contributed by atoms with Crippen LogP contribution in [0.4, 0.5) is 0 Å². The molecule has 10 N–H and O–H groups in total. The molecule has 1 unspecified atom stereocenters. The van der Waals surface area contributed by atoms with Crippen LogP contribution in [-0.4, -0.2) is 185 Å². The van der Waals surface area contributed by atoms with Crippen LogP contribution in [0.25, 0.3) is 0 Å². The molecule has 0 bridgehead atoms. The maximum atomic E-state index is 12.3. The lowest BCUT2D eigenvalue weighted by molar-refractivity contribution is -0.180. The monoisotopic (exact) mass is 616 g/mol. The minimum Gasteiger partial charge on any atom is -0.481 e. The molecule has 0 amide bonds. The van der Waals surface area contributed by atoms with Gasteiger partial charge in [0.2, 0.25) is 0 Å². The van der Waals surface area contributed by atoms with Crippen LogP contribution in [0.1, 0.15) is 6.42 Å². The Labute approximate surface area is 235 Å². The van der Waals surface area contributed by atoms with E-state index in [1.54, 1.807) is 0 Å². The van der Waals surface area contributed by atoms with Crippen LogP contribution in [0.5, 0.6) is 0 Å². The Hall–Kier alpha value is -3.67. The molecule has 0 aliphatic carbocycles. The number of hydrogen-bond donors (Lipinski definition) is 10. The van der Waals surface area contributed by atoms with Crippen molar-refractivity contribution in [1.82, 2.24) is 9.80 Å². The van der Waals surface area contributed by atoms with Crippen molar-refractivity contribution in [1.29, 1.82) is 0 Å². The third-order valence-corrected chi connectivity index (χ3v) is 5.07. The second-order valence-corrected chi connectivity index (χ2v) is 8.58. The summed E-state index contributed by atoms with van der Waals surface area (Å²) in [5.41, 5.74) is 0. The summed E-state index contributed by atoms with van der Waals surface area (Å²) >= 11 is 0. The molecule has 0 saturated carbocycles. The van der Waals surface area contributed by atoms with E-state index in [0.717, 1.165) is 9.80 Å². The molecular formula is C21H32N2O19. The standard InChI is InChI=1S/C21H32N2O19/c24-8-10(26)16(35)17(36)18(37)19(38)21(40)42-15(34)7-23(2-1-22(4-12(29)30)5-13(31)32)6-14(33)41-20(39)9(25)3-11(27)28/h9-10,16-19,24-26,35-38H,1-8H2,(H,27,28)(H,29,30)(H,31,32)/t9?,10-,16+,17-,18-,19-/m1/s1. The van der Waals surface area contributed by atoms with E-state index >= 15 is 0 Å². The first kappa shape index (κ1) is 38.3. The Balaban J connectivity index is 5.55. The fourth-order valence-corrected chi connectivity index (χ4v) is 2.99. The molecular weight excluding hydrogens is 584 g/mol. The summed E-state index contributed by atoms with van der Waals surface area (Å²) in [7, 11) is 0. The zero-order chi connectivity index (χ0) is 32.7. The molecule has 0 aromatic carbocycles. The Morgan fingerprint density at radius 2 is 1.00 bits per heavy atom. The van der Waals surface area contributed by atoms with E-state index < -0.39 is 131 Å². The van der Waals surface area contributed by atoms with Crippen molar-refractivity contribution >= 4 is 41.8 Å². The summed E-state index contributed by atoms with van der Waals surface area (Å²) in [6.07, 6.45) is -15.3. The summed E-state index contributed by atoms with van der Waals surface area (Å²) in [5.74, 6) is -11.1. The number of nitrogens with zero attached hydrogens (tertiary/aromatic N) is 2. The number of aliphatic hydroxyl groups excluding tert-OH is 7. The van der Waals surface area contributed by atoms with Crippen molar-refractivity contribution in [2.75, 3.05) is 45.9 Å². The van der Waals surface area contributed by atoms with E-state index in [2.05, 4.69) is 9.47 Å². The van der Waals surface area contributed by atoms with E-state index in [0.29, 0.717) is 0 Å². The van der Waals surface area contributed by atoms with Crippen molar-refractivity contribution in [3.8, 4) is 0 Å². The highest BCUT2D eigenvalue weighted by Gasteiger charge is 2.38. The fraction of sp³-hybridized carbons (Fsp3) is 0.667. The topological polar surface area (TPSA) is 347 Å². The Morgan fingerprint density at radius 1 is 0.571 bits per heavy atom. The molecule has 0 aliphatic heterocycles. The molecule has 6 atom stereocenters. The Kier molecular flexibility index (Phi) is 17.1. The molecule has 240 valence electrons. The van der Waals surface area contributed by atoms with Gasteiger partial charge >= 0.3 is 41.8 Å². The second kappa shape index (κ2) is 18.7. The summed E-state index contributed by atoms with van der Waals surface area (Å²) in [6.45, 7) is -5.78. The highest BCUT2D eigenvalue weighted by Crippen LogP contribution is 2.10. The van der Waals surface area contributed by atoms with Crippen molar-refractivity contribution in [2.24, 2.45) is 0 Å². The van der Waals surface area contributed by atoms with E-state index in [4.69, 9.17) is 20.4 Å². The van der Waals surface area contributed by atoms with Crippen molar-refractivity contribution in [2.45, 2.75) is 43.0 Å². The van der Waals surface area contributed by atoms with Crippen LogP contribution in [0.2, 0.25) is 0 Å². The molecule has 0 fully saturated rings. The van der Waals surface area contributed by atoms with E-state index in [1.807, 2.05) is 0 Å². The normalized spacial score (nSPS) is 15.6. The van der Waals surface area contributed by atoms with Crippen LogP contribution in [-0.2, 0) is 43.0 Å². The lowest BCUT2D eigenvalue weighted by Crippen LogP contribution is -2.52. The largest absolute Gasteiger partial charge is 0.481 e. The molecule has 0 spiro atoms. The van der Waals surface area contributed by atoms with E-state index in [9.17, 15) is 64.2 Å². The number of aliphatic hydroxyl groups is 7. The van der Waals surface area contributed by atoms with Gasteiger partial charge in [-0.15, -0.1) is 0 Å². The number of hydrogen-bond acceptors (Lipinski definition) is 18. The number of rotatable bonds is 20. The number of carboxylic acids is 3. The minimum atomic E-state index is -2.70. The Morgan fingerprint density at radius 3 is 1.40 bits per heavy atom. The molecule has 0 aromatic rings. The van der Waals surface area contributed by atoms with Crippen molar-refractivity contribution in [3.05, 3.63) is 0 Å². The average molecular weight is 616 g/mol. The van der Waals surface area contributed by atoms with Crippen molar-refractivity contribution < 1.29 is 94.1 Å². The number of carbonyl (C=O) groups excluding carboxylic acids is 4. The van der Waals surface area contributed by atoms with Crippen LogP contribution < -0.4 is 0 Å². The molecule has 21 nitrogen and oxygen atoms in total. The summed E-state index contributed by atoms with van der Waals surface area (Å²) in [6, 6.07) is 0. The van der Waals surface area contributed by atoms with Gasteiger partial charge in [-0.05, 0) is 0 Å². The van der Waals surface area contributed by atoms with Gasteiger partial charge in [0.1, 0.15) is 24.4 Å². The number of carboxylic acid groups (broad SMARTS) is 3. The van der Waals surface area contributed by atoms with Gasteiger partial charge in [0, 0.05) is 13.1 Å². The fourth-order valence-electron chi connectivity index (χ4n) is 2.99. The molecule has 0 aliphatic rings. The molecule has 0 aromatic heterocycles. The summed E-state index contributed by atoms with van der Waals surface area (Å²) in [5, 5.41) is 92.9. The van der Waals surface area contributed by atoms with Crippen LogP contribution in [0.3, 0.4) is 0 Å². The van der Waals surface area contributed by atoms with Crippen LogP contribution in [0.15, 0.2) is 0 Å². The van der Waals surface area contributed by atoms with E-state index in [1.165, 1.54) is 0 Å². The predicted molar refractivity (Wildman–Crippen MR) is 126 cm³/mol. The van der Waals surface area contributed by atoms with Gasteiger partial charge in [0.05, 0.1) is 39.2 Å². The van der Waals surface area contributed by atoms with Gasteiger partial charge in [-0.3, -0.25) is 33.8 Å². The van der Waals surface area contributed by atoms with Gasteiger partial charge in [0.15, 0.2) is 12.2 Å². The van der Waals surface area contributed by atoms with Gasteiger partial charge in [-0.25, -0.2) is 9.59 Å². The average Bonchev–Trinajstić information content (AvgIpc) is 2.87. The first-order valence-electron chi connectivity index (χ1n) is 11.7. The molecule has 0 saturated heterocycles. The first-order chi connectivity index (χ1) is 19.4. The summed E-state index contributed by atoms with van der Waals surface area (Å²) < 4.78 is 8.57. The highest BCUT2D eigenvalue weighted by molar-refractivity contribution is 5.91. The third kappa shape index (κ3) is 14.8. The quantitative estimate of drug-likeness (QED) is 0.0448. The number of ether oxygens (including phenoxy) is 2.